The van der Waals surface area contributed by atoms with Crippen LogP contribution in [0.5, 0.6) is 11.5 Å². The topological polar surface area (TPSA) is 110 Å². The molecule has 0 aliphatic carbocycles. The molecule has 1 N–H and O–H groups in total. The van der Waals surface area contributed by atoms with Crippen molar-refractivity contribution in [3.05, 3.63) is 76.3 Å². The minimum Gasteiger partial charge on any atom is -0.504 e. The molecule has 0 bridgehead atoms. The number of aromatic hydroxyl groups is 1. The molecule has 0 spiro atoms. The standard InChI is InChI=1S/C28H20BrN5O4/c1-15-18(11-16-7-10-23(35)24(12-16)38-2)28(37)34(32-15)25(36)14-33-22-9-8-17(29)13-19(22)26-27(33)31-21-6-4-3-5-20(21)30-26/h3-13,35H,14H2,1-2H3. The number of ether oxygens (including phenoxy) is 1. The van der Waals surface area contributed by atoms with Gasteiger partial charge in [-0.1, -0.05) is 34.1 Å². The van der Waals surface area contributed by atoms with Crippen LogP contribution < -0.4 is 4.74 Å². The van der Waals surface area contributed by atoms with Crippen LogP contribution in [0.15, 0.2) is 75.8 Å². The minimum atomic E-state index is -0.528. The summed E-state index contributed by atoms with van der Waals surface area (Å²) in [6.45, 7) is 1.52. The van der Waals surface area contributed by atoms with Gasteiger partial charge in [0.2, 0.25) is 0 Å². The number of para-hydroxylation sites is 2. The van der Waals surface area contributed by atoms with Crippen molar-refractivity contribution in [3.63, 3.8) is 0 Å². The molecule has 1 aliphatic heterocycles. The summed E-state index contributed by atoms with van der Waals surface area (Å²) < 4.78 is 7.79. The van der Waals surface area contributed by atoms with Crippen molar-refractivity contribution in [2.75, 3.05) is 7.11 Å². The fourth-order valence-corrected chi connectivity index (χ4v) is 4.93. The van der Waals surface area contributed by atoms with E-state index < -0.39 is 11.8 Å². The number of methoxy groups -OCH3 is 1. The van der Waals surface area contributed by atoms with Gasteiger partial charge in [-0.25, -0.2) is 9.97 Å². The Morgan fingerprint density at radius 2 is 1.84 bits per heavy atom. The summed E-state index contributed by atoms with van der Waals surface area (Å²) in [4.78, 5) is 36.3. The van der Waals surface area contributed by atoms with Gasteiger partial charge < -0.3 is 14.4 Å². The Morgan fingerprint density at radius 1 is 1.08 bits per heavy atom. The van der Waals surface area contributed by atoms with Crippen LogP contribution in [0.25, 0.3) is 39.2 Å². The molecule has 5 aromatic rings. The van der Waals surface area contributed by atoms with Crippen molar-refractivity contribution in [2.24, 2.45) is 5.10 Å². The second-order valence-corrected chi connectivity index (χ2v) is 9.73. The molecule has 0 radical (unpaired) electrons. The summed E-state index contributed by atoms with van der Waals surface area (Å²) in [5.74, 6) is -0.764. The second-order valence-electron chi connectivity index (χ2n) is 8.82. The van der Waals surface area contributed by atoms with Crippen LogP contribution in [0.4, 0.5) is 0 Å². The predicted molar refractivity (Wildman–Crippen MR) is 148 cm³/mol. The Kier molecular flexibility index (Phi) is 5.68. The van der Waals surface area contributed by atoms with Crippen LogP contribution >= 0.6 is 15.9 Å². The Labute approximate surface area is 224 Å². The van der Waals surface area contributed by atoms with Gasteiger partial charge in [0.15, 0.2) is 17.1 Å². The lowest BCUT2D eigenvalue weighted by Gasteiger charge is -2.12. The lowest BCUT2D eigenvalue weighted by molar-refractivity contribution is -0.141. The van der Waals surface area contributed by atoms with Crippen LogP contribution in [0.2, 0.25) is 0 Å². The molecule has 38 heavy (non-hydrogen) atoms. The highest BCUT2D eigenvalue weighted by Gasteiger charge is 2.33. The third-order valence-electron chi connectivity index (χ3n) is 6.42. The number of halogens is 1. The zero-order valence-electron chi connectivity index (χ0n) is 20.3. The number of fused-ring (bicyclic) bond motifs is 4. The number of carbonyl (C=O) groups excluding carboxylic acids is 2. The molecule has 0 atom stereocenters. The molecule has 3 aromatic carbocycles. The Hall–Kier alpha value is -4.57. The average Bonchev–Trinajstić information content (AvgIpc) is 3.36. The molecule has 9 nitrogen and oxygen atoms in total. The maximum atomic E-state index is 13.5. The number of phenols is 1. The lowest BCUT2D eigenvalue weighted by atomic mass is 10.1. The number of imide groups is 1. The molecule has 0 fully saturated rings. The van der Waals surface area contributed by atoms with Crippen LogP contribution in [0.3, 0.4) is 0 Å². The number of hydrogen-bond donors (Lipinski definition) is 1. The predicted octanol–water partition coefficient (Wildman–Crippen LogP) is 5.04. The molecular weight excluding hydrogens is 550 g/mol. The number of nitrogens with zero attached hydrogens (tertiary/aromatic N) is 5. The number of amides is 2. The summed E-state index contributed by atoms with van der Waals surface area (Å²) in [5, 5.41) is 15.8. The van der Waals surface area contributed by atoms with Crippen LogP contribution in [0.1, 0.15) is 12.5 Å². The average molecular weight is 570 g/mol. The van der Waals surface area contributed by atoms with Gasteiger partial charge in [0.05, 0.1) is 34.9 Å². The number of aromatic nitrogens is 3. The van der Waals surface area contributed by atoms with Crippen molar-refractivity contribution in [3.8, 4) is 11.5 Å². The van der Waals surface area contributed by atoms with E-state index in [1.54, 1.807) is 29.7 Å². The summed E-state index contributed by atoms with van der Waals surface area (Å²) in [7, 11) is 1.44. The van der Waals surface area contributed by atoms with E-state index in [1.807, 2.05) is 42.5 Å². The summed E-state index contributed by atoms with van der Waals surface area (Å²) in [6.07, 6.45) is 1.62. The first-order valence-corrected chi connectivity index (χ1v) is 12.5. The number of carbonyl (C=O) groups is 2. The van der Waals surface area contributed by atoms with Crippen molar-refractivity contribution in [1.29, 1.82) is 0 Å². The fourth-order valence-electron chi connectivity index (χ4n) is 4.57. The maximum Gasteiger partial charge on any atom is 0.283 e. The number of rotatable bonds is 4. The first-order chi connectivity index (χ1) is 18.3. The highest BCUT2D eigenvalue weighted by atomic mass is 79.9. The number of benzene rings is 3. The summed E-state index contributed by atoms with van der Waals surface area (Å²) in [5.41, 5.74) is 4.76. The van der Waals surface area contributed by atoms with Crippen molar-refractivity contribution < 1.29 is 19.4 Å². The van der Waals surface area contributed by atoms with Crippen LogP contribution in [-0.2, 0) is 16.1 Å². The van der Waals surface area contributed by atoms with Gasteiger partial charge in [-0.3, -0.25) is 9.59 Å². The molecule has 0 unspecified atom stereocenters. The van der Waals surface area contributed by atoms with Crippen molar-refractivity contribution in [1.82, 2.24) is 19.5 Å². The highest BCUT2D eigenvalue weighted by molar-refractivity contribution is 9.10. The Morgan fingerprint density at radius 3 is 2.61 bits per heavy atom. The maximum absolute atomic E-state index is 13.5. The SMILES string of the molecule is COc1cc(C=C2C(=O)N(C(=O)Cn3c4ccc(Br)cc4c4nc5ccccc5nc43)N=C2C)ccc1O. The Balaban J connectivity index is 1.38. The van der Waals surface area contributed by atoms with Crippen molar-refractivity contribution in [2.45, 2.75) is 13.5 Å². The van der Waals surface area contributed by atoms with Crippen LogP contribution in [0, 0.1) is 0 Å². The molecule has 10 heteroatoms. The van der Waals surface area contributed by atoms with Gasteiger partial charge in [-0.05, 0) is 61.0 Å². The third kappa shape index (κ3) is 3.90. The molecular formula is C28H20BrN5O4. The van der Waals surface area contributed by atoms with Crippen LogP contribution in [-0.4, -0.2) is 49.3 Å². The van der Waals surface area contributed by atoms with E-state index in [2.05, 4.69) is 21.0 Å². The largest absolute Gasteiger partial charge is 0.504 e. The molecule has 2 aromatic heterocycles. The lowest BCUT2D eigenvalue weighted by Crippen LogP contribution is -2.32. The summed E-state index contributed by atoms with van der Waals surface area (Å²) >= 11 is 3.52. The van der Waals surface area contributed by atoms with Gasteiger partial charge in [0.25, 0.3) is 11.8 Å². The van der Waals surface area contributed by atoms with E-state index in [0.717, 1.165) is 25.9 Å². The fraction of sp³-hybridized carbons (Fsp3) is 0.107. The van der Waals surface area contributed by atoms with Gasteiger partial charge in [-0.15, -0.1) is 0 Å². The molecule has 6 rings (SSSR count). The smallest absolute Gasteiger partial charge is 0.283 e. The quantitative estimate of drug-likeness (QED) is 0.303. The Bertz CT molecular complexity index is 1870. The van der Waals surface area contributed by atoms with Gasteiger partial charge in [-0.2, -0.15) is 10.1 Å². The number of phenolic OH excluding ortho intramolecular Hbond substituents is 1. The van der Waals surface area contributed by atoms with E-state index in [9.17, 15) is 14.7 Å². The van der Waals surface area contributed by atoms with Crippen molar-refractivity contribution >= 4 is 72.6 Å². The summed E-state index contributed by atoms with van der Waals surface area (Å²) in [6, 6.07) is 18.0. The van der Waals surface area contributed by atoms with E-state index in [0.29, 0.717) is 28.0 Å². The monoisotopic (exact) mass is 569 g/mol. The van der Waals surface area contributed by atoms with E-state index >= 15 is 0 Å². The molecule has 0 saturated carbocycles. The van der Waals surface area contributed by atoms with E-state index in [1.165, 1.54) is 13.2 Å². The number of hydrazone groups is 1. The van der Waals surface area contributed by atoms with Gasteiger partial charge in [0.1, 0.15) is 12.1 Å². The van der Waals surface area contributed by atoms with Gasteiger partial charge >= 0.3 is 0 Å². The third-order valence-corrected chi connectivity index (χ3v) is 6.91. The molecule has 3 heterocycles. The normalized spacial score (nSPS) is 14.7. The molecule has 188 valence electrons. The first-order valence-electron chi connectivity index (χ1n) is 11.7. The highest BCUT2D eigenvalue weighted by Crippen LogP contribution is 2.32. The minimum absolute atomic E-state index is 0.0105. The zero-order valence-corrected chi connectivity index (χ0v) is 21.9. The second kappa shape index (κ2) is 9.07. The molecule has 0 saturated heterocycles. The van der Waals surface area contributed by atoms with E-state index in [-0.39, 0.29) is 23.6 Å². The van der Waals surface area contributed by atoms with Gasteiger partial charge in [0, 0.05) is 9.86 Å². The number of hydrogen-bond acceptors (Lipinski definition) is 7. The first kappa shape index (κ1) is 23.8. The zero-order chi connectivity index (χ0) is 26.6. The van der Waals surface area contributed by atoms with E-state index in [4.69, 9.17) is 14.7 Å². The molecule has 2 amide bonds. The molecule has 1 aliphatic rings.